The van der Waals surface area contributed by atoms with Gasteiger partial charge in [-0.25, -0.2) is 4.79 Å². The van der Waals surface area contributed by atoms with Gasteiger partial charge in [-0.2, -0.15) is 0 Å². The fraction of sp³-hybridized carbons (Fsp3) is 0.640. The second kappa shape index (κ2) is 10.2. The standard InChI is InChI=1S/C25H37N5O3S/c1-15(26-4)27-24(33)29-19-12-13-34-20-14-25(2,3)21(30(20)23(19)32)22(31)28-18-11-7-9-16-8-5-6-10-17(16)18/h5-6,8,10,15,18-21,26H,7,9,11-14H2,1-4H3,(H,28,31)(H2,27,29,33)/t15-,18-,19+,20?,21-/m1/s1. The Balaban J connectivity index is 1.53. The maximum absolute atomic E-state index is 13.7. The van der Waals surface area contributed by atoms with Crippen LogP contribution in [0.25, 0.3) is 0 Å². The molecule has 0 radical (unpaired) electrons. The molecule has 5 atom stereocenters. The van der Waals surface area contributed by atoms with Gasteiger partial charge in [0.25, 0.3) is 0 Å². The lowest BCUT2D eigenvalue weighted by Gasteiger charge is -2.36. The number of fused-ring (bicyclic) bond motifs is 2. The Morgan fingerprint density at radius 3 is 2.68 bits per heavy atom. The van der Waals surface area contributed by atoms with Crippen LogP contribution in [0.1, 0.15) is 63.6 Å². The van der Waals surface area contributed by atoms with E-state index in [9.17, 15) is 14.4 Å². The molecule has 2 saturated heterocycles. The van der Waals surface area contributed by atoms with Gasteiger partial charge in [-0.05, 0) is 68.4 Å². The molecule has 0 aromatic heterocycles. The highest BCUT2D eigenvalue weighted by molar-refractivity contribution is 7.99. The van der Waals surface area contributed by atoms with Gasteiger partial charge in [-0.3, -0.25) is 9.59 Å². The van der Waals surface area contributed by atoms with Gasteiger partial charge in [-0.15, -0.1) is 11.8 Å². The fourth-order valence-corrected chi connectivity index (χ4v) is 7.05. The monoisotopic (exact) mass is 487 g/mol. The second-order valence-electron chi connectivity index (χ2n) is 10.3. The number of nitrogens with zero attached hydrogens (tertiary/aromatic N) is 1. The first-order valence-corrected chi connectivity index (χ1v) is 13.3. The number of aryl methyl sites for hydroxylation is 1. The van der Waals surface area contributed by atoms with Gasteiger partial charge in [-0.1, -0.05) is 38.1 Å². The van der Waals surface area contributed by atoms with E-state index >= 15 is 0 Å². The minimum Gasteiger partial charge on any atom is -0.347 e. The summed E-state index contributed by atoms with van der Waals surface area (Å²) < 4.78 is 0. The highest BCUT2D eigenvalue weighted by Gasteiger charge is 2.54. The van der Waals surface area contributed by atoms with E-state index in [1.54, 1.807) is 23.7 Å². The fourth-order valence-electron chi connectivity index (χ4n) is 5.47. The van der Waals surface area contributed by atoms with Gasteiger partial charge < -0.3 is 26.2 Å². The van der Waals surface area contributed by atoms with Crippen molar-refractivity contribution in [2.75, 3.05) is 12.8 Å². The van der Waals surface area contributed by atoms with Gasteiger partial charge in [0.15, 0.2) is 0 Å². The Hall–Kier alpha value is -2.26. The maximum atomic E-state index is 13.7. The summed E-state index contributed by atoms with van der Waals surface area (Å²) in [5.74, 6) is 0.480. The summed E-state index contributed by atoms with van der Waals surface area (Å²) in [6.07, 6.45) is 4.04. The largest absolute Gasteiger partial charge is 0.347 e. The summed E-state index contributed by atoms with van der Waals surface area (Å²) in [6.45, 7) is 5.96. The number of amides is 4. The second-order valence-corrected chi connectivity index (χ2v) is 11.6. The normalized spacial score (nSPS) is 28.8. The number of carbonyl (C=O) groups excluding carboxylic acids is 3. The number of hydrogen-bond donors (Lipinski definition) is 4. The highest BCUT2D eigenvalue weighted by Crippen LogP contribution is 2.46. The third-order valence-corrected chi connectivity index (χ3v) is 8.57. The van der Waals surface area contributed by atoms with Crippen molar-refractivity contribution in [1.29, 1.82) is 0 Å². The van der Waals surface area contributed by atoms with E-state index in [0.717, 1.165) is 31.4 Å². The topological polar surface area (TPSA) is 103 Å². The average molecular weight is 488 g/mol. The SMILES string of the molecule is CN[C@@H](C)NC(=O)N[C@H]1CCSC2CC(C)(C)[C@@H](C(=O)N[C@@H]3CCCc4ccccc43)N2C1=O. The molecule has 1 aliphatic carbocycles. The molecule has 2 aliphatic heterocycles. The lowest BCUT2D eigenvalue weighted by molar-refractivity contribution is -0.142. The van der Waals surface area contributed by atoms with Crippen LogP contribution in [-0.4, -0.2) is 59.2 Å². The lowest BCUT2D eigenvalue weighted by Crippen LogP contribution is -2.58. The van der Waals surface area contributed by atoms with Crippen molar-refractivity contribution in [3.63, 3.8) is 0 Å². The van der Waals surface area contributed by atoms with Crippen LogP contribution in [0.15, 0.2) is 24.3 Å². The van der Waals surface area contributed by atoms with E-state index in [1.165, 1.54) is 11.1 Å². The molecular formula is C25H37N5O3S. The maximum Gasteiger partial charge on any atom is 0.316 e. The molecule has 1 unspecified atom stereocenters. The molecule has 0 bridgehead atoms. The number of rotatable bonds is 5. The number of benzene rings is 1. The molecule has 34 heavy (non-hydrogen) atoms. The quantitative estimate of drug-likeness (QED) is 0.478. The Kier molecular flexibility index (Phi) is 7.42. The first-order chi connectivity index (χ1) is 16.2. The third kappa shape index (κ3) is 5.05. The van der Waals surface area contributed by atoms with Crippen LogP contribution in [0.5, 0.6) is 0 Å². The molecule has 0 saturated carbocycles. The molecule has 1 aromatic carbocycles. The van der Waals surface area contributed by atoms with E-state index in [0.29, 0.717) is 6.42 Å². The summed E-state index contributed by atoms with van der Waals surface area (Å²) >= 11 is 1.71. The first-order valence-electron chi connectivity index (χ1n) is 12.3. The average Bonchev–Trinajstić information content (AvgIpc) is 2.99. The minimum absolute atomic E-state index is 0.0373. The number of urea groups is 1. The molecule has 1 aromatic rings. The summed E-state index contributed by atoms with van der Waals surface area (Å²) in [6, 6.07) is 6.64. The van der Waals surface area contributed by atoms with E-state index in [-0.39, 0.29) is 40.8 Å². The Bertz CT molecular complexity index is 939. The van der Waals surface area contributed by atoms with Crippen LogP contribution < -0.4 is 21.3 Å². The highest BCUT2D eigenvalue weighted by atomic mass is 32.2. The van der Waals surface area contributed by atoms with Crippen molar-refractivity contribution in [2.24, 2.45) is 5.41 Å². The van der Waals surface area contributed by atoms with Crippen molar-refractivity contribution in [3.05, 3.63) is 35.4 Å². The van der Waals surface area contributed by atoms with Crippen molar-refractivity contribution >= 4 is 29.6 Å². The number of hydrogen-bond acceptors (Lipinski definition) is 5. The minimum atomic E-state index is -0.652. The Morgan fingerprint density at radius 2 is 1.91 bits per heavy atom. The summed E-state index contributed by atoms with van der Waals surface area (Å²) in [5.41, 5.74) is 2.10. The van der Waals surface area contributed by atoms with E-state index in [4.69, 9.17) is 0 Å². The summed E-state index contributed by atoms with van der Waals surface area (Å²) in [5, 5.41) is 11.8. The zero-order chi connectivity index (χ0) is 24.5. The van der Waals surface area contributed by atoms with E-state index < -0.39 is 12.1 Å². The first kappa shape index (κ1) is 24.9. The molecule has 8 nitrogen and oxygen atoms in total. The van der Waals surface area contributed by atoms with Gasteiger partial charge in [0.05, 0.1) is 17.6 Å². The molecule has 4 amide bonds. The zero-order valence-corrected chi connectivity index (χ0v) is 21.3. The van der Waals surface area contributed by atoms with Crippen LogP contribution in [-0.2, 0) is 16.0 Å². The lowest BCUT2D eigenvalue weighted by atomic mass is 9.83. The number of nitrogens with one attached hydrogen (secondary N) is 4. The van der Waals surface area contributed by atoms with Gasteiger partial charge in [0, 0.05) is 0 Å². The molecule has 3 aliphatic rings. The molecule has 9 heteroatoms. The third-order valence-electron chi connectivity index (χ3n) is 7.32. The molecular weight excluding hydrogens is 450 g/mol. The summed E-state index contributed by atoms with van der Waals surface area (Å²) in [4.78, 5) is 41.6. The molecule has 2 heterocycles. The molecule has 0 spiro atoms. The Labute approximate surface area is 206 Å². The zero-order valence-electron chi connectivity index (χ0n) is 20.5. The van der Waals surface area contributed by atoms with Crippen LogP contribution in [0.2, 0.25) is 0 Å². The van der Waals surface area contributed by atoms with Crippen molar-refractivity contribution < 1.29 is 14.4 Å². The van der Waals surface area contributed by atoms with Crippen LogP contribution in [0, 0.1) is 5.41 Å². The molecule has 4 N–H and O–H groups in total. The van der Waals surface area contributed by atoms with Crippen molar-refractivity contribution in [2.45, 2.75) is 82.5 Å². The number of carbonyl (C=O) groups is 3. The van der Waals surface area contributed by atoms with Crippen LogP contribution >= 0.6 is 11.8 Å². The smallest absolute Gasteiger partial charge is 0.316 e. The summed E-state index contributed by atoms with van der Waals surface area (Å²) in [7, 11) is 1.75. The van der Waals surface area contributed by atoms with E-state index in [1.807, 2.05) is 19.1 Å². The van der Waals surface area contributed by atoms with Crippen molar-refractivity contribution in [3.8, 4) is 0 Å². The Morgan fingerprint density at radius 1 is 1.15 bits per heavy atom. The molecule has 186 valence electrons. The van der Waals surface area contributed by atoms with Crippen LogP contribution in [0.4, 0.5) is 4.79 Å². The number of thioether (sulfide) groups is 1. The van der Waals surface area contributed by atoms with Gasteiger partial charge in [0.2, 0.25) is 11.8 Å². The predicted octanol–water partition coefficient (Wildman–Crippen LogP) is 2.50. The molecule has 4 rings (SSSR count). The van der Waals surface area contributed by atoms with Crippen LogP contribution in [0.3, 0.4) is 0 Å². The van der Waals surface area contributed by atoms with Crippen molar-refractivity contribution in [1.82, 2.24) is 26.2 Å². The van der Waals surface area contributed by atoms with Gasteiger partial charge in [0.1, 0.15) is 12.1 Å². The predicted molar refractivity (Wildman–Crippen MR) is 134 cm³/mol. The van der Waals surface area contributed by atoms with Gasteiger partial charge >= 0.3 is 6.03 Å². The van der Waals surface area contributed by atoms with E-state index in [2.05, 4.69) is 47.2 Å². The molecule has 2 fully saturated rings.